The molecule has 114 valence electrons. The van der Waals surface area contributed by atoms with Crippen LogP contribution in [-0.2, 0) is 9.84 Å². The van der Waals surface area contributed by atoms with Crippen LogP contribution in [0, 0.1) is 13.8 Å². The minimum Gasteiger partial charge on any atom is -0.383 e. The number of benzene rings is 1. The van der Waals surface area contributed by atoms with E-state index in [0.29, 0.717) is 11.0 Å². The monoisotopic (exact) mass is 316 g/mol. The molecule has 6 nitrogen and oxygen atoms in total. The molecule has 2 N–H and O–H groups in total. The van der Waals surface area contributed by atoms with Gasteiger partial charge in [-0.15, -0.1) is 0 Å². The van der Waals surface area contributed by atoms with Gasteiger partial charge < -0.3 is 5.73 Å². The highest BCUT2D eigenvalue weighted by Crippen LogP contribution is 2.31. The Hall–Kier alpha value is -2.41. The highest BCUT2D eigenvalue weighted by atomic mass is 32.2. The van der Waals surface area contributed by atoms with E-state index in [1.54, 1.807) is 0 Å². The number of nitrogens with zero attached hydrogens (tertiary/aromatic N) is 3. The number of rotatable bonds is 2. The average Bonchev–Trinajstić information content (AvgIpc) is 2.71. The van der Waals surface area contributed by atoms with Gasteiger partial charge >= 0.3 is 0 Å². The molecule has 3 aromatic rings. The van der Waals surface area contributed by atoms with Crippen molar-refractivity contribution in [2.75, 3.05) is 12.0 Å². The Morgan fingerprint density at radius 3 is 2.32 bits per heavy atom. The molecule has 2 heterocycles. The first-order valence-corrected chi connectivity index (χ1v) is 8.60. The summed E-state index contributed by atoms with van der Waals surface area (Å²) in [5.41, 5.74) is 9.29. The zero-order valence-electron chi connectivity index (χ0n) is 12.5. The standard InChI is InChI=1S/C15H16N4O2S/c1-9-10(2)19(11-7-5-4-6-8-11)14-12(9)13(16)17-15(18-14)22(3,20)21/h4-8H,1-3H3,(H2,16,17,18). The van der Waals surface area contributed by atoms with Gasteiger partial charge in [0, 0.05) is 17.6 Å². The number of hydrogen-bond acceptors (Lipinski definition) is 5. The molecule has 0 unspecified atom stereocenters. The van der Waals surface area contributed by atoms with Crippen molar-refractivity contribution in [1.29, 1.82) is 0 Å². The molecule has 3 rings (SSSR count). The van der Waals surface area contributed by atoms with Gasteiger partial charge in [0.25, 0.3) is 5.16 Å². The fourth-order valence-corrected chi connectivity index (χ4v) is 3.05. The average molecular weight is 316 g/mol. The number of hydrogen-bond donors (Lipinski definition) is 1. The van der Waals surface area contributed by atoms with Gasteiger partial charge in [0.05, 0.1) is 5.39 Å². The van der Waals surface area contributed by atoms with Gasteiger partial charge in [0.15, 0.2) is 5.65 Å². The number of aromatic nitrogens is 3. The molecule has 0 bridgehead atoms. The van der Waals surface area contributed by atoms with Crippen LogP contribution in [0.5, 0.6) is 0 Å². The Bertz CT molecular complexity index is 976. The number of fused-ring (bicyclic) bond motifs is 1. The van der Waals surface area contributed by atoms with Crippen molar-refractivity contribution in [3.05, 3.63) is 41.6 Å². The lowest BCUT2D eigenvalue weighted by Gasteiger charge is -2.08. The Morgan fingerprint density at radius 2 is 1.73 bits per heavy atom. The fraction of sp³-hybridized carbons (Fsp3) is 0.200. The molecule has 22 heavy (non-hydrogen) atoms. The van der Waals surface area contributed by atoms with Crippen molar-refractivity contribution in [3.8, 4) is 5.69 Å². The van der Waals surface area contributed by atoms with Gasteiger partial charge in [-0.05, 0) is 31.5 Å². The topological polar surface area (TPSA) is 90.9 Å². The van der Waals surface area contributed by atoms with Crippen LogP contribution in [0.15, 0.2) is 35.5 Å². The molecule has 0 aliphatic carbocycles. The van der Waals surface area contributed by atoms with Gasteiger partial charge in [0.2, 0.25) is 9.84 Å². The maximum absolute atomic E-state index is 11.8. The van der Waals surface area contributed by atoms with E-state index in [4.69, 9.17) is 5.73 Å². The second kappa shape index (κ2) is 4.81. The summed E-state index contributed by atoms with van der Waals surface area (Å²) < 4.78 is 25.5. The van der Waals surface area contributed by atoms with Crippen LogP contribution in [0.25, 0.3) is 16.7 Å². The Balaban J connectivity index is 2.48. The number of para-hydroxylation sites is 1. The van der Waals surface area contributed by atoms with Crippen LogP contribution in [0.4, 0.5) is 5.82 Å². The molecule has 1 aromatic carbocycles. The minimum atomic E-state index is -3.53. The van der Waals surface area contributed by atoms with Crippen molar-refractivity contribution in [2.45, 2.75) is 19.0 Å². The number of nitrogen functional groups attached to an aromatic ring is 1. The van der Waals surface area contributed by atoms with Crippen molar-refractivity contribution >= 4 is 26.7 Å². The Labute approximate surface area is 128 Å². The number of aryl methyl sites for hydroxylation is 1. The summed E-state index contributed by atoms with van der Waals surface area (Å²) >= 11 is 0. The molecule has 0 amide bonds. The maximum Gasteiger partial charge on any atom is 0.250 e. The van der Waals surface area contributed by atoms with Crippen LogP contribution < -0.4 is 5.73 Å². The largest absolute Gasteiger partial charge is 0.383 e. The van der Waals surface area contributed by atoms with E-state index in [0.717, 1.165) is 23.2 Å². The van der Waals surface area contributed by atoms with Crippen molar-refractivity contribution in [2.24, 2.45) is 0 Å². The first-order valence-electron chi connectivity index (χ1n) is 6.71. The molecule has 7 heteroatoms. The molecule has 0 radical (unpaired) electrons. The third kappa shape index (κ3) is 2.14. The SMILES string of the molecule is Cc1c(C)n(-c2ccccc2)c2nc(S(C)(=O)=O)nc(N)c12. The van der Waals surface area contributed by atoms with Crippen LogP contribution in [-0.4, -0.2) is 29.2 Å². The van der Waals surface area contributed by atoms with Gasteiger partial charge in [-0.25, -0.2) is 13.4 Å². The summed E-state index contributed by atoms with van der Waals surface area (Å²) in [6.07, 6.45) is 1.07. The van der Waals surface area contributed by atoms with E-state index in [9.17, 15) is 8.42 Å². The van der Waals surface area contributed by atoms with Crippen LogP contribution in [0.1, 0.15) is 11.3 Å². The van der Waals surface area contributed by atoms with E-state index < -0.39 is 9.84 Å². The third-order valence-electron chi connectivity index (χ3n) is 3.71. The lowest BCUT2D eigenvalue weighted by Crippen LogP contribution is -2.08. The molecule has 0 spiro atoms. The Kier molecular flexibility index (Phi) is 3.17. The van der Waals surface area contributed by atoms with Gasteiger partial charge in [-0.3, -0.25) is 4.57 Å². The van der Waals surface area contributed by atoms with Gasteiger partial charge in [-0.2, -0.15) is 4.98 Å². The van der Waals surface area contributed by atoms with E-state index in [2.05, 4.69) is 9.97 Å². The summed E-state index contributed by atoms with van der Waals surface area (Å²) in [5.74, 6) is 0.181. The summed E-state index contributed by atoms with van der Waals surface area (Å²) in [6.45, 7) is 3.88. The first kappa shape index (κ1) is 14.5. The van der Waals surface area contributed by atoms with Crippen LogP contribution in [0.2, 0.25) is 0 Å². The first-order chi connectivity index (χ1) is 10.3. The molecule has 0 aliphatic heterocycles. The van der Waals surface area contributed by atoms with Crippen molar-refractivity contribution < 1.29 is 8.42 Å². The molecule has 2 aromatic heterocycles. The lowest BCUT2D eigenvalue weighted by atomic mass is 10.2. The van der Waals surface area contributed by atoms with E-state index in [-0.39, 0.29) is 11.0 Å². The smallest absolute Gasteiger partial charge is 0.250 e. The molecule has 0 saturated heterocycles. The van der Waals surface area contributed by atoms with Crippen LogP contribution >= 0.6 is 0 Å². The van der Waals surface area contributed by atoms with Gasteiger partial charge in [-0.1, -0.05) is 18.2 Å². The zero-order valence-corrected chi connectivity index (χ0v) is 13.3. The summed E-state index contributed by atoms with van der Waals surface area (Å²) in [7, 11) is -3.53. The number of sulfone groups is 1. The maximum atomic E-state index is 11.8. The fourth-order valence-electron chi connectivity index (χ4n) is 2.53. The summed E-state index contributed by atoms with van der Waals surface area (Å²) in [5, 5.41) is 0.431. The summed E-state index contributed by atoms with van der Waals surface area (Å²) in [6, 6.07) is 9.62. The lowest BCUT2D eigenvalue weighted by molar-refractivity contribution is 0.593. The third-order valence-corrected chi connectivity index (χ3v) is 4.55. The predicted molar refractivity (Wildman–Crippen MR) is 85.9 cm³/mol. The van der Waals surface area contributed by atoms with Gasteiger partial charge in [0.1, 0.15) is 5.82 Å². The van der Waals surface area contributed by atoms with Crippen molar-refractivity contribution in [1.82, 2.24) is 14.5 Å². The van der Waals surface area contributed by atoms with E-state index in [1.165, 1.54) is 0 Å². The molecule has 0 fully saturated rings. The van der Waals surface area contributed by atoms with Crippen LogP contribution in [0.3, 0.4) is 0 Å². The number of nitrogens with two attached hydrogens (primary N) is 1. The zero-order chi connectivity index (χ0) is 16.1. The van der Waals surface area contributed by atoms with E-state index >= 15 is 0 Å². The predicted octanol–water partition coefficient (Wildman–Crippen LogP) is 2.02. The minimum absolute atomic E-state index is 0.181. The normalized spacial score (nSPS) is 12.0. The molecular formula is C15H16N4O2S. The van der Waals surface area contributed by atoms with Crippen molar-refractivity contribution in [3.63, 3.8) is 0 Å². The highest BCUT2D eigenvalue weighted by molar-refractivity contribution is 7.90. The van der Waals surface area contributed by atoms with E-state index in [1.807, 2.05) is 48.7 Å². The molecule has 0 atom stereocenters. The number of anilines is 1. The second-order valence-electron chi connectivity index (χ2n) is 5.24. The molecule has 0 aliphatic rings. The molecular weight excluding hydrogens is 300 g/mol. The molecule has 0 saturated carbocycles. The summed E-state index contributed by atoms with van der Waals surface area (Å²) in [4.78, 5) is 8.20. The Morgan fingerprint density at radius 1 is 1.09 bits per heavy atom. The quantitative estimate of drug-likeness (QED) is 0.730. The highest BCUT2D eigenvalue weighted by Gasteiger charge is 2.21. The second-order valence-corrected chi connectivity index (χ2v) is 7.15.